The third-order valence-corrected chi connectivity index (χ3v) is 6.39. The first-order valence-corrected chi connectivity index (χ1v) is 14.6. The van der Waals surface area contributed by atoms with Gasteiger partial charge < -0.3 is 14.2 Å². The number of unbranched alkanes of at least 4 members (excludes halogenated alkanes) is 15. The van der Waals surface area contributed by atoms with Gasteiger partial charge in [0.1, 0.15) is 5.75 Å². The van der Waals surface area contributed by atoms with Crippen molar-refractivity contribution in [3.8, 4) is 17.2 Å². The van der Waals surface area contributed by atoms with Crippen molar-refractivity contribution in [1.29, 1.82) is 0 Å². The molecule has 34 heavy (non-hydrogen) atoms. The highest BCUT2D eigenvalue weighted by Crippen LogP contribution is 2.35. The van der Waals surface area contributed by atoms with Gasteiger partial charge in [-0.2, -0.15) is 0 Å². The Balaban J connectivity index is 2.55. The lowest BCUT2D eigenvalue weighted by atomic mass is 10.1. The molecule has 0 aliphatic carbocycles. The zero-order valence-electron chi connectivity index (χ0n) is 22.9. The van der Waals surface area contributed by atoms with Gasteiger partial charge in [-0.25, -0.2) is 0 Å². The van der Waals surface area contributed by atoms with E-state index in [0.29, 0.717) is 0 Å². The highest BCUT2D eigenvalue weighted by atomic mass is 16.5. The lowest BCUT2D eigenvalue weighted by Gasteiger charge is -2.17. The molecule has 0 bridgehead atoms. The predicted octanol–water partition coefficient (Wildman–Crippen LogP) is 10.1. The van der Waals surface area contributed by atoms with Gasteiger partial charge >= 0.3 is 0 Å². The molecule has 0 unspecified atom stereocenters. The van der Waals surface area contributed by atoms with E-state index in [0.717, 1.165) is 61.9 Å². The Bertz CT molecular complexity index is 584. The fourth-order valence-corrected chi connectivity index (χ4v) is 4.14. The minimum Gasteiger partial charge on any atom is -0.493 e. The Morgan fingerprint density at radius 2 is 0.765 bits per heavy atom. The zero-order valence-corrected chi connectivity index (χ0v) is 22.9. The van der Waals surface area contributed by atoms with E-state index in [-0.39, 0.29) is 0 Å². The van der Waals surface area contributed by atoms with Crippen LogP contribution in [0.25, 0.3) is 0 Å². The first-order chi connectivity index (χ1) is 16.7. The van der Waals surface area contributed by atoms with Crippen LogP contribution in [0, 0.1) is 6.92 Å². The number of ether oxygens (including phenoxy) is 3. The predicted molar refractivity (Wildman–Crippen MR) is 148 cm³/mol. The summed E-state index contributed by atoms with van der Waals surface area (Å²) < 4.78 is 18.4. The first-order valence-electron chi connectivity index (χ1n) is 14.6. The summed E-state index contributed by atoms with van der Waals surface area (Å²) in [4.78, 5) is 0. The van der Waals surface area contributed by atoms with Crippen molar-refractivity contribution >= 4 is 0 Å². The van der Waals surface area contributed by atoms with Crippen LogP contribution < -0.4 is 14.2 Å². The molecule has 0 N–H and O–H groups in total. The number of benzene rings is 1. The summed E-state index contributed by atoms with van der Waals surface area (Å²) in [6.45, 7) is 13.2. The zero-order chi connectivity index (χ0) is 24.7. The van der Waals surface area contributed by atoms with Crippen LogP contribution in [0.2, 0.25) is 0 Å². The molecular weight excluding hydrogens is 420 g/mol. The Kier molecular flexibility index (Phi) is 19.9. The molecule has 0 aliphatic heterocycles. The van der Waals surface area contributed by atoms with Gasteiger partial charge in [0.15, 0.2) is 11.5 Å². The Morgan fingerprint density at radius 3 is 1.18 bits per heavy atom. The second-order valence-corrected chi connectivity index (χ2v) is 9.76. The van der Waals surface area contributed by atoms with E-state index in [1.807, 2.05) is 12.1 Å². The van der Waals surface area contributed by atoms with Gasteiger partial charge in [0.05, 0.1) is 19.8 Å². The molecule has 0 saturated heterocycles. The van der Waals surface area contributed by atoms with Crippen molar-refractivity contribution in [2.45, 2.75) is 136 Å². The van der Waals surface area contributed by atoms with Crippen molar-refractivity contribution < 1.29 is 14.2 Å². The molecule has 0 heterocycles. The van der Waals surface area contributed by atoms with Crippen LogP contribution in [0.3, 0.4) is 0 Å². The Hall–Kier alpha value is -1.38. The molecule has 1 rings (SSSR count). The van der Waals surface area contributed by atoms with E-state index in [2.05, 4.69) is 27.7 Å². The molecule has 3 nitrogen and oxygen atoms in total. The standard InChI is InChI=1S/C31H55O3/c1-5-8-11-14-17-20-23-32-29-27-31(34-25-22-19-16-13-10-7-3)30(26-28(29)4)33-24-21-18-15-12-9-6-2/h26-27H,4-25H2,1-3H3. The molecule has 0 aliphatic rings. The molecule has 0 atom stereocenters. The van der Waals surface area contributed by atoms with Gasteiger partial charge in [0.25, 0.3) is 0 Å². The Labute approximate surface area is 212 Å². The average molecular weight is 476 g/mol. The van der Waals surface area contributed by atoms with Crippen LogP contribution in [-0.2, 0) is 0 Å². The summed E-state index contributed by atoms with van der Waals surface area (Å²) in [5.74, 6) is 2.46. The van der Waals surface area contributed by atoms with Crippen molar-refractivity contribution in [3.05, 3.63) is 24.6 Å². The van der Waals surface area contributed by atoms with Crippen molar-refractivity contribution in [2.24, 2.45) is 0 Å². The van der Waals surface area contributed by atoms with E-state index in [1.54, 1.807) is 0 Å². The lowest BCUT2D eigenvalue weighted by molar-refractivity contribution is 0.254. The molecule has 0 aromatic heterocycles. The van der Waals surface area contributed by atoms with E-state index in [4.69, 9.17) is 14.2 Å². The lowest BCUT2D eigenvalue weighted by Crippen LogP contribution is -2.05. The van der Waals surface area contributed by atoms with Crippen molar-refractivity contribution in [3.63, 3.8) is 0 Å². The van der Waals surface area contributed by atoms with Crippen LogP contribution >= 0.6 is 0 Å². The molecule has 1 aromatic carbocycles. The van der Waals surface area contributed by atoms with Gasteiger partial charge in [-0.3, -0.25) is 0 Å². The van der Waals surface area contributed by atoms with Gasteiger partial charge in [0, 0.05) is 6.07 Å². The molecular formula is C31H55O3. The molecule has 0 fully saturated rings. The monoisotopic (exact) mass is 475 g/mol. The van der Waals surface area contributed by atoms with Crippen molar-refractivity contribution in [1.82, 2.24) is 0 Å². The average Bonchev–Trinajstić information content (AvgIpc) is 2.84. The van der Waals surface area contributed by atoms with Crippen LogP contribution in [0.4, 0.5) is 0 Å². The molecule has 1 aromatic rings. The molecule has 1 radical (unpaired) electrons. The minimum absolute atomic E-state index is 0.729. The third kappa shape index (κ3) is 15.5. The summed E-state index contributed by atoms with van der Waals surface area (Å²) in [5, 5.41) is 0. The maximum Gasteiger partial charge on any atom is 0.164 e. The fraction of sp³-hybridized carbons (Fsp3) is 0.774. The SMILES string of the molecule is [CH2]c1cc(OCCCCCCCC)c(OCCCCCCCC)cc1OCCCCCCCC. The molecule has 0 saturated carbocycles. The third-order valence-electron chi connectivity index (χ3n) is 6.39. The summed E-state index contributed by atoms with van der Waals surface area (Å²) in [5.41, 5.74) is 0.885. The highest BCUT2D eigenvalue weighted by Gasteiger charge is 2.12. The molecule has 0 spiro atoms. The maximum absolute atomic E-state index is 6.19. The quantitative estimate of drug-likeness (QED) is 0.139. The van der Waals surface area contributed by atoms with Gasteiger partial charge in [0.2, 0.25) is 0 Å². The van der Waals surface area contributed by atoms with Crippen LogP contribution in [-0.4, -0.2) is 19.8 Å². The second kappa shape index (κ2) is 22.1. The second-order valence-electron chi connectivity index (χ2n) is 9.76. The fourth-order valence-electron chi connectivity index (χ4n) is 4.14. The molecule has 197 valence electrons. The molecule has 0 amide bonds. The summed E-state index contributed by atoms with van der Waals surface area (Å²) >= 11 is 0. The van der Waals surface area contributed by atoms with Crippen molar-refractivity contribution in [2.75, 3.05) is 19.8 Å². The van der Waals surface area contributed by atoms with Gasteiger partial charge in [-0.15, -0.1) is 0 Å². The van der Waals surface area contributed by atoms with E-state index < -0.39 is 0 Å². The first kappa shape index (κ1) is 30.7. The number of hydrogen-bond acceptors (Lipinski definition) is 3. The normalized spacial score (nSPS) is 11.1. The maximum atomic E-state index is 6.19. The van der Waals surface area contributed by atoms with Gasteiger partial charge in [-0.05, 0) is 37.8 Å². The summed E-state index contributed by atoms with van der Waals surface area (Å²) in [7, 11) is 0. The van der Waals surface area contributed by atoms with E-state index in [1.165, 1.54) is 96.3 Å². The summed E-state index contributed by atoms with van der Waals surface area (Å²) in [6, 6.07) is 4.01. The minimum atomic E-state index is 0.729. The largest absolute Gasteiger partial charge is 0.493 e. The van der Waals surface area contributed by atoms with Gasteiger partial charge in [-0.1, -0.05) is 117 Å². The topological polar surface area (TPSA) is 27.7 Å². The van der Waals surface area contributed by atoms with E-state index >= 15 is 0 Å². The van der Waals surface area contributed by atoms with Crippen LogP contribution in [0.5, 0.6) is 17.2 Å². The number of rotatable bonds is 24. The smallest absolute Gasteiger partial charge is 0.164 e. The van der Waals surface area contributed by atoms with Crippen LogP contribution in [0.1, 0.15) is 142 Å². The van der Waals surface area contributed by atoms with E-state index in [9.17, 15) is 0 Å². The molecule has 3 heteroatoms. The van der Waals surface area contributed by atoms with Crippen LogP contribution in [0.15, 0.2) is 12.1 Å². The number of hydrogen-bond donors (Lipinski definition) is 0. The summed E-state index contributed by atoms with van der Waals surface area (Å²) in [6.07, 6.45) is 22.7. The highest BCUT2D eigenvalue weighted by molar-refractivity contribution is 5.51. The Morgan fingerprint density at radius 1 is 0.441 bits per heavy atom.